The van der Waals surface area contributed by atoms with Crippen molar-refractivity contribution in [1.82, 2.24) is 14.9 Å². The van der Waals surface area contributed by atoms with Gasteiger partial charge in [0.2, 0.25) is 5.95 Å². The van der Waals surface area contributed by atoms with E-state index in [9.17, 15) is 0 Å². The molecule has 0 saturated carbocycles. The topological polar surface area (TPSA) is 33.1 Å². The molecule has 0 atom stereocenters. The van der Waals surface area contributed by atoms with Crippen molar-refractivity contribution >= 4 is 5.95 Å². The van der Waals surface area contributed by atoms with Gasteiger partial charge in [-0.3, -0.25) is 0 Å². The maximum absolute atomic E-state index is 4.42. The Bertz CT molecular complexity index is 567. The summed E-state index contributed by atoms with van der Waals surface area (Å²) in [7, 11) is 6.07. The summed E-state index contributed by atoms with van der Waals surface area (Å²) >= 11 is 0. The van der Waals surface area contributed by atoms with Gasteiger partial charge in [0.15, 0.2) is 0 Å². The lowest BCUT2D eigenvalue weighted by molar-refractivity contribution is 0.654. The van der Waals surface area contributed by atoms with Gasteiger partial charge in [-0.25, -0.2) is 4.98 Å². The first-order valence-corrected chi connectivity index (χ1v) is 7.46. The third-order valence-electron chi connectivity index (χ3n) is 3.74. The normalized spacial score (nSPS) is 11.1. The van der Waals surface area contributed by atoms with Crippen LogP contribution in [0.3, 0.4) is 0 Å². The molecular formula is C17H26N4. The van der Waals surface area contributed by atoms with E-state index >= 15 is 0 Å². The minimum atomic E-state index is 0.589. The van der Waals surface area contributed by atoms with E-state index in [0.717, 1.165) is 19.0 Å². The van der Waals surface area contributed by atoms with Gasteiger partial charge >= 0.3 is 0 Å². The van der Waals surface area contributed by atoms with Crippen LogP contribution in [0.2, 0.25) is 0 Å². The molecule has 2 aromatic rings. The van der Waals surface area contributed by atoms with Gasteiger partial charge in [-0.05, 0) is 17.0 Å². The Balaban J connectivity index is 1.89. The maximum Gasteiger partial charge on any atom is 0.204 e. The molecule has 0 bridgehead atoms. The number of aromatic nitrogens is 2. The first-order valence-electron chi connectivity index (χ1n) is 7.46. The molecular weight excluding hydrogens is 260 g/mol. The lowest BCUT2D eigenvalue weighted by Crippen LogP contribution is -2.18. The highest BCUT2D eigenvalue weighted by Crippen LogP contribution is 2.15. The smallest absolute Gasteiger partial charge is 0.204 e. The summed E-state index contributed by atoms with van der Waals surface area (Å²) < 4.78 is 2.12. The first-order chi connectivity index (χ1) is 9.99. The summed E-state index contributed by atoms with van der Waals surface area (Å²) in [5.74, 6) is 1.57. The van der Waals surface area contributed by atoms with Crippen LogP contribution in [0, 0.1) is 0 Å². The molecule has 0 radical (unpaired) electrons. The van der Waals surface area contributed by atoms with Crippen molar-refractivity contribution in [2.24, 2.45) is 7.05 Å². The number of hydrogen-bond acceptors (Lipinski definition) is 3. The van der Waals surface area contributed by atoms with Crippen molar-refractivity contribution in [2.45, 2.75) is 32.9 Å². The van der Waals surface area contributed by atoms with Crippen LogP contribution in [0.5, 0.6) is 0 Å². The number of rotatable bonds is 6. The van der Waals surface area contributed by atoms with Crippen LogP contribution in [0.4, 0.5) is 5.95 Å². The van der Waals surface area contributed by atoms with E-state index in [4.69, 9.17) is 0 Å². The predicted octanol–water partition coefficient (Wildman–Crippen LogP) is 2.90. The molecule has 21 heavy (non-hydrogen) atoms. The van der Waals surface area contributed by atoms with Crippen molar-refractivity contribution in [2.75, 3.05) is 19.0 Å². The SMILES string of the molecule is CC(C)c1ccc(CNCc2cnc(N(C)C)n2C)cc1. The lowest BCUT2D eigenvalue weighted by Gasteiger charge is -2.13. The number of hydrogen-bond donors (Lipinski definition) is 1. The monoisotopic (exact) mass is 286 g/mol. The molecule has 4 heteroatoms. The Kier molecular flexibility index (Phi) is 5.02. The Morgan fingerprint density at radius 1 is 1.14 bits per heavy atom. The van der Waals surface area contributed by atoms with Crippen LogP contribution in [-0.4, -0.2) is 23.6 Å². The molecule has 0 aliphatic carbocycles. The molecule has 0 saturated heterocycles. The first kappa shape index (κ1) is 15.6. The Labute approximate surface area is 127 Å². The summed E-state index contributed by atoms with van der Waals surface area (Å²) in [5, 5.41) is 3.48. The summed E-state index contributed by atoms with van der Waals surface area (Å²) in [6, 6.07) is 8.85. The van der Waals surface area contributed by atoms with E-state index in [1.165, 1.54) is 16.8 Å². The molecule has 0 amide bonds. The summed E-state index contributed by atoms with van der Waals surface area (Å²) in [4.78, 5) is 6.44. The van der Waals surface area contributed by atoms with Crippen molar-refractivity contribution < 1.29 is 0 Å². The second-order valence-electron chi connectivity index (χ2n) is 6.00. The fourth-order valence-electron chi connectivity index (χ4n) is 2.37. The molecule has 1 N–H and O–H groups in total. The van der Waals surface area contributed by atoms with E-state index in [2.05, 4.69) is 60.0 Å². The standard InChI is InChI=1S/C17H26N4/c1-13(2)15-8-6-14(7-9-15)10-18-11-16-12-19-17(20(3)4)21(16)5/h6-9,12-13,18H,10-11H2,1-5H3. The molecule has 1 aromatic carbocycles. The maximum atomic E-state index is 4.42. The minimum absolute atomic E-state index is 0.589. The highest BCUT2D eigenvalue weighted by molar-refractivity contribution is 5.31. The van der Waals surface area contributed by atoms with E-state index in [-0.39, 0.29) is 0 Å². The largest absolute Gasteiger partial charge is 0.348 e. The molecule has 0 aliphatic heterocycles. The molecule has 0 unspecified atom stereocenters. The zero-order chi connectivity index (χ0) is 15.4. The Hall–Kier alpha value is -1.81. The summed E-state index contributed by atoms with van der Waals surface area (Å²) in [6.07, 6.45) is 1.93. The fourth-order valence-corrected chi connectivity index (χ4v) is 2.37. The fraction of sp³-hybridized carbons (Fsp3) is 0.471. The van der Waals surface area contributed by atoms with Gasteiger partial charge < -0.3 is 14.8 Å². The minimum Gasteiger partial charge on any atom is -0.348 e. The van der Waals surface area contributed by atoms with Crippen LogP contribution in [-0.2, 0) is 20.1 Å². The van der Waals surface area contributed by atoms with Crippen LogP contribution < -0.4 is 10.2 Å². The van der Waals surface area contributed by atoms with Crippen LogP contribution >= 0.6 is 0 Å². The Morgan fingerprint density at radius 2 is 1.81 bits per heavy atom. The zero-order valence-corrected chi connectivity index (χ0v) is 13.7. The van der Waals surface area contributed by atoms with Crippen LogP contribution in [0.25, 0.3) is 0 Å². The molecule has 114 valence electrons. The number of nitrogens with one attached hydrogen (secondary N) is 1. The molecule has 4 nitrogen and oxygen atoms in total. The lowest BCUT2D eigenvalue weighted by atomic mass is 10.0. The predicted molar refractivity (Wildman–Crippen MR) is 88.6 cm³/mol. The third-order valence-corrected chi connectivity index (χ3v) is 3.74. The van der Waals surface area contributed by atoms with Crippen molar-refractivity contribution in [3.8, 4) is 0 Å². The highest BCUT2D eigenvalue weighted by Gasteiger charge is 2.07. The van der Waals surface area contributed by atoms with Gasteiger partial charge in [0.1, 0.15) is 0 Å². The average molecular weight is 286 g/mol. The van der Waals surface area contributed by atoms with Gasteiger partial charge in [-0.15, -0.1) is 0 Å². The van der Waals surface area contributed by atoms with Crippen molar-refractivity contribution in [3.63, 3.8) is 0 Å². The van der Waals surface area contributed by atoms with Gasteiger partial charge in [-0.1, -0.05) is 38.1 Å². The van der Waals surface area contributed by atoms with Crippen molar-refractivity contribution in [3.05, 3.63) is 47.3 Å². The number of anilines is 1. The van der Waals surface area contributed by atoms with E-state index in [1.807, 2.05) is 25.2 Å². The molecule has 1 heterocycles. The quantitative estimate of drug-likeness (QED) is 0.886. The van der Waals surface area contributed by atoms with Gasteiger partial charge in [0, 0.05) is 34.2 Å². The van der Waals surface area contributed by atoms with Gasteiger partial charge in [0.25, 0.3) is 0 Å². The van der Waals surface area contributed by atoms with Crippen LogP contribution in [0.15, 0.2) is 30.5 Å². The van der Waals surface area contributed by atoms with E-state index in [1.54, 1.807) is 0 Å². The second-order valence-corrected chi connectivity index (χ2v) is 6.00. The zero-order valence-electron chi connectivity index (χ0n) is 13.7. The van der Waals surface area contributed by atoms with E-state index in [0.29, 0.717) is 5.92 Å². The molecule has 2 rings (SSSR count). The summed E-state index contributed by atoms with van der Waals surface area (Å²) in [6.45, 7) is 6.14. The Morgan fingerprint density at radius 3 is 2.33 bits per heavy atom. The number of benzene rings is 1. The van der Waals surface area contributed by atoms with Crippen LogP contribution in [0.1, 0.15) is 36.6 Å². The van der Waals surface area contributed by atoms with Crippen molar-refractivity contribution in [1.29, 1.82) is 0 Å². The average Bonchev–Trinajstić information content (AvgIpc) is 2.81. The molecule has 0 aliphatic rings. The highest BCUT2D eigenvalue weighted by atomic mass is 15.3. The number of nitrogens with zero attached hydrogens (tertiary/aromatic N) is 3. The van der Waals surface area contributed by atoms with Gasteiger partial charge in [-0.2, -0.15) is 0 Å². The molecule has 1 aromatic heterocycles. The third kappa shape index (κ3) is 3.85. The second kappa shape index (κ2) is 6.76. The summed E-state index contributed by atoms with van der Waals surface area (Å²) in [5.41, 5.74) is 3.90. The molecule has 0 fully saturated rings. The van der Waals surface area contributed by atoms with Gasteiger partial charge in [0.05, 0.1) is 11.9 Å². The molecule has 0 spiro atoms. The van der Waals surface area contributed by atoms with E-state index < -0.39 is 0 Å². The number of imidazole rings is 1.